The summed E-state index contributed by atoms with van der Waals surface area (Å²) in [5.41, 5.74) is 1.64. The topological polar surface area (TPSA) is 93.1 Å². The van der Waals surface area contributed by atoms with Crippen LogP contribution in [0.25, 0.3) is 11.1 Å². The van der Waals surface area contributed by atoms with E-state index in [0.717, 1.165) is 80.1 Å². The van der Waals surface area contributed by atoms with E-state index in [1.807, 2.05) is 85.0 Å². The predicted octanol–water partition coefficient (Wildman–Crippen LogP) is 8.26. The lowest BCUT2D eigenvalue weighted by Crippen LogP contribution is -2.40. The number of aliphatic carboxylic acids is 2. The molecule has 2 aromatic rings. The lowest BCUT2D eigenvalue weighted by Gasteiger charge is -2.28. The second-order valence-electron chi connectivity index (χ2n) is 11.4. The van der Waals surface area contributed by atoms with Crippen LogP contribution in [0.5, 0.6) is 0 Å². The van der Waals surface area contributed by atoms with Crippen LogP contribution >= 0.6 is 0 Å². The van der Waals surface area contributed by atoms with Crippen LogP contribution in [0.1, 0.15) is 81.8 Å². The number of hydrogen-bond donors (Lipinski definition) is 2. The van der Waals surface area contributed by atoms with Gasteiger partial charge in [-0.05, 0) is 47.3 Å². The number of carboxylic acids is 2. The van der Waals surface area contributed by atoms with E-state index < -0.39 is 23.1 Å². The van der Waals surface area contributed by atoms with Crippen LogP contribution in [0.15, 0.2) is 97.1 Å². The molecule has 2 aromatic carbocycles. The van der Waals surface area contributed by atoms with Crippen molar-refractivity contribution >= 4 is 23.1 Å². The molecule has 0 aliphatic heterocycles. The third-order valence-corrected chi connectivity index (χ3v) is 8.26. The van der Waals surface area contributed by atoms with Gasteiger partial charge in [-0.25, -0.2) is 9.59 Å². The molecule has 4 rings (SSSR count). The fraction of sp³-hybridized carbons (Fsp3) is 0.405. The lowest BCUT2D eigenvalue weighted by molar-refractivity contribution is -0.160. The van der Waals surface area contributed by atoms with Crippen LogP contribution in [0.3, 0.4) is 0 Å². The monoisotopic (exact) mass is 584 g/mol. The summed E-state index contributed by atoms with van der Waals surface area (Å²) >= 11 is 0. The molecule has 6 heteroatoms. The number of unbranched alkanes of at least 4 members (excludes halogenated alkanes) is 8. The number of hydrogen-bond acceptors (Lipinski definition) is 4. The molecule has 0 fully saturated rings. The van der Waals surface area contributed by atoms with Gasteiger partial charge in [0.2, 0.25) is 0 Å². The van der Waals surface area contributed by atoms with Crippen molar-refractivity contribution in [3.63, 3.8) is 0 Å². The smallest absolute Gasteiger partial charge is 0.340 e. The van der Waals surface area contributed by atoms with E-state index in [1.54, 1.807) is 12.2 Å². The van der Waals surface area contributed by atoms with E-state index in [-0.39, 0.29) is 0 Å². The summed E-state index contributed by atoms with van der Waals surface area (Å²) < 4.78 is 11.8. The number of ether oxygens (including phenoxy) is 2. The Balaban J connectivity index is 1.03. The maximum absolute atomic E-state index is 12.0. The van der Waals surface area contributed by atoms with Gasteiger partial charge >= 0.3 is 11.9 Å². The number of allylic oxidation sites excluding steroid dienone is 4. The summed E-state index contributed by atoms with van der Waals surface area (Å²) in [6, 6.07) is 19.9. The fourth-order valence-electron chi connectivity index (χ4n) is 5.54. The minimum Gasteiger partial charge on any atom is -0.479 e. The van der Waals surface area contributed by atoms with Crippen molar-refractivity contribution in [1.29, 1.82) is 0 Å². The van der Waals surface area contributed by atoms with Crippen molar-refractivity contribution in [2.24, 2.45) is 0 Å². The minimum atomic E-state index is -1.28. The Morgan fingerprint density at radius 2 is 0.907 bits per heavy atom. The van der Waals surface area contributed by atoms with Gasteiger partial charge in [-0.2, -0.15) is 0 Å². The Labute approximate surface area is 255 Å². The molecule has 2 atom stereocenters. The van der Waals surface area contributed by atoms with Crippen molar-refractivity contribution in [2.75, 3.05) is 13.2 Å². The maximum atomic E-state index is 12.0. The first-order valence-electron chi connectivity index (χ1n) is 15.6. The lowest BCUT2D eigenvalue weighted by atomic mass is 9.89. The Bertz CT molecular complexity index is 1210. The second kappa shape index (κ2) is 16.2. The molecule has 43 heavy (non-hydrogen) atoms. The molecule has 2 N–H and O–H groups in total. The second-order valence-corrected chi connectivity index (χ2v) is 11.4. The molecule has 2 unspecified atom stereocenters. The van der Waals surface area contributed by atoms with Crippen LogP contribution in [0, 0.1) is 0 Å². The summed E-state index contributed by atoms with van der Waals surface area (Å²) in [5.74, 6) is -1.89. The maximum Gasteiger partial charge on any atom is 0.340 e. The predicted molar refractivity (Wildman–Crippen MR) is 171 cm³/mol. The van der Waals surface area contributed by atoms with Gasteiger partial charge in [0.05, 0.1) is 0 Å². The zero-order chi connectivity index (χ0) is 30.4. The van der Waals surface area contributed by atoms with E-state index in [9.17, 15) is 19.8 Å². The average molecular weight is 585 g/mol. The third kappa shape index (κ3) is 9.12. The zero-order valence-corrected chi connectivity index (χ0v) is 25.0. The molecule has 0 radical (unpaired) electrons. The van der Waals surface area contributed by atoms with Gasteiger partial charge in [-0.3, -0.25) is 0 Å². The Morgan fingerprint density at radius 1 is 0.558 bits per heavy atom. The van der Waals surface area contributed by atoms with Crippen molar-refractivity contribution < 1.29 is 29.3 Å². The van der Waals surface area contributed by atoms with Crippen LogP contribution < -0.4 is 0 Å². The molecule has 0 aromatic heterocycles. The Hall–Kier alpha value is -3.74. The molecular weight excluding hydrogens is 540 g/mol. The fourth-order valence-corrected chi connectivity index (χ4v) is 5.54. The Morgan fingerprint density at radius 3 is 1.21 bits per heavy atom. The van der Waals surface area contributed by atoms with Crippen LogP contribution in [-0.2, 0) is 19.1 Å². The number of rotatable bonds is 18. The molecule has 0 amide bonds. The summed E-state index contributed by atoms with van der Waals surface area (Å²) in [6.45, 7) is 0.864. The zero-order valence-electron chi connectivity index (χ0n) is 25.0. The molecule has 0 saturated heterocycles. The van der Waals surface area contributed by atoms with E-state index in [0.29, 0.717) is 26.1 Å². The van der Waals surface area contributed by atoms with E-state index in [1.165, 1.54) is 0 Å². The molecule has 2 aliphatic rings. The first-order valence-corrected chi connectivity index (χ1v) is 15.6. The molecule has 2 aliphatic carbocycles. The summed E-state index contributed by atoms with van der Waals surface area (Å²) in [7, 11) is 0. The molecule has 0 spiro atoms. The van der Waals surface area contributed by atoms with Crippen molar-refractivity contribution in [1.82, 2.24) is 0 Å². The molecule has 6 nitrogen and oxygen atoms in total. The SMILES string of the molecule is O=C(O)C1(OCCCCCCCCCCCOC2(C(=O)O)C=CC(c3ccccc3)=CC2)C=CC(c2ccccc2)=CC1. The van der Waals surface area contributed by atoms with Gasteiger partial charge in [-0.15, -0.1) is 0 Å². The summed E-state index contributed by atoms with van der Waals surface area (Å²) in [4.78, 5) is 24.0. The first-order chi connectivity index (χ1) is 20.9. The molecule has 0 heterocycles. The normalized spacial score (nSPS) is 21.3. The van der Waals surface area contributed by atoms with Crippen molar-refractivity contribution in [3.8, 4) is 0 Å². The van der Waals surface area contributed by atoms with E-state index in [2.05, 4.69) is 0 Å². The van der Waals surface area contributed by atoms with E-state index >= 15 is 0 Å². The van der Waals surface area contributed by atoms with Crippen LogP contribution in [0.4, 0.5) is 0 Å². The molecule has 228 valence electrons. The van der Waals surface area contributed by atoms with Crippen LogP contribution in [0.2, 0.25) is 0 Å². The third-order valence-electron chi connectivity index (χ3n) is 8.26. The summed E-state index contributed by atoms with van der Waals surface area (Å²) in [5, 5.41) is 19.7. The van der Waals surface area contributed by atoms with Crippen molar-refractivity contribution in [2.45, 2.75) is 81.8 Å². The van der Waals surface area contributed by atoms with Gasteiger partial charge < -0.3 is 19.7 Å². The highest BCUT2D eigenvalue weighted by molar-refractivity contribution is 5.86. The largest absolute Gasteiger partial charge is 0.479 e. The van der Waals surface area contributed by atoms with E-state index in [4.69, 9.17) is 9.47 Å². The van der Waals surface area contributed by atoms with Gasteiger partial charge in [0, 0.05) is 26.1 Å². The highest BCUT2D eigenvalue weighted by Crippen LogP contribution is 2.31. The summed E-state index contributed by atoms with van der Waals surface area (Å²) in [6.07, 6.45) is 21.0. The first kappa shape index (κ1) is 32.2. The quantitative estimate of drug-likeness (QED) is 0.171. The van der Waals surface area contributed by atoms with Gasteiger partial charge in [0.25, 0.3) is 0 Å². The average Bonchev–Trinajstić information content (AvgIpc) is 3.04. The standard InChI is InChI=1S/C37H44O6/c38-34(39)36(24-20-32(21-25-36)30-16-10-8-11-17-30)42-28-14-6-4-2-1-3-5-7-15-29-43-37(35(40)41)26-22-33(23-27-37)31-18-12-9-13-19-31/h8-13,16-24,26H,1-7,14-15,25,27-29H2,(H,38,39)(H,40,41). The number of benzene rings is 2. The van der Waals surface area contributed by atoms with Crippen LogP contribution in [-0.4, -0.2) is 46.6 Å². The minimum absolute atomic E-state index is 0.328. The van der Waals surface area contributed by atoms with Crippen molar-refractivity contribution in [3.05, 3.63) is 108 Å². The molecule has 0 saturated carbocycles. The molecule has 0 bridgehead atoms. The van der Waals surface area contributed by atoms with Gasteiger partial charge in [0.1, 0.15) is 0 Å². The Kier molecular flexibility index (Phi) is 12.1. The number of carbonyl (C=O) groups is 2. The van der Waals surface area contributed by atoms with Gasteiger partial charge in [-0.1, -0.05) is 130 Å². The highest BCUT2D eigenvalue weighted by atomic mass is 16.5. The molecular formula is C37H44O6. The highest BCUT2D eigenvalue weighted by Gasteiger charge is 2.38. The van der Waals surface area contributed by atoms with Gasteiger partial charge in [0.15, 0.2) is 11.2 Å². The number of carboxylic acid groups (broad SMARTS) is 2.